The van der Waals surface area contributed by atoms with Crippen LogP contribution in [0, 0.1) is 11.3 Å². The average molecular weight is 296 g/mol. The van der Waals surface area contributed by atoms with Crippen molar-refractivity contribution in [3.8, 4) is 0 Å². The Balaban J connectivity index is 1.82. The molecule has 1 saturated carbocycles. The first kappa shape index (κ1) is 15.6. The van der Waals surface area contributed by atoms with Gasteiger partial charge in [-0.15, -0.1) is 0 Å². The summed E-state index contributed by atoms with van der Waals surface area (Å²) in [5.74, 6) is -0.604. The van der Waals surface area contributed by atoms with Crippen LogP contribution in [-0.2, 0) is 14.3 Å². The molecule has 0 radical (unpaired) electrons. The smallest absolute Gasteiger partial charge is 0.411 e. The summed E-state index contributed by atoms with van der Waals surface area (Å²) < 4.78 is 45.9. The minimum Gasteiger partial charge on any atom is -0.481 e. The van der Waals surface area contributed by atoms with E-state index in [1.165, 1.54) is 0 Å². The van der Waals surface area contributed by atoms with Crippen molar-refractivity contribution in [3.63, 3.8) is 0 Å². The van der Waals surface area contributed by atoms with Crippen molar-refractivity contribution in [1.29, 1.82) is 0 Å². The van der Waals surface area contributed by atoms with Gasteiger partial charge in [0.05, 0.1) is 11.5 Å². The molecule has 116 valence electrons. The Labute approximate surface area is 115 Å². The highest BCUT2D eigenvalue weighted by molar-refractivity contribution is 5.76. The number of rotatable bonds is 7. The monoisotopic (exact) mass is 296 g/mol. The van der Waals surface area contributed by atoms with Crippen LogP contribution < -0.4 is 0 Å². The van der Waals surface area contributed by atoms with Gasteiger partial charge in [-0.2, -0.15) is 13.2 Å². The zero-order valence-corrected chi connectivity index (χ0v) is 11.1. The fourth-order valence-electron chi connectivity index (χ4n) is 2.94. The van der Waals surface area contributed by atoms with Gasteiger partial charge in [0.15, 0.2) is 0 Å². The van der Waals surface area contributed by atoms with Crippen LogP contribution >= 0.6 is 0 Å². The molecule has 7 heteroatoms. The van der Waals surface area contributed by atoms with Crippen molar-refractivity contribution >= 4 is 5.97 Å². The summed E-state index contributed by atoms with van der Waals surface area (Å²) in [6.45, 7) is -0.946. The highest BCUT2D eigenvalue weighted by atomic mass is 19.4. The molecule has 1 heterocycles. The first-order chi connectivity index (χ1) is 9.35. The van der Waals surface area contributed by atoms with Crippen LogP contribution in [-0.4, -0.2) is 43.2 Å². The van der Waals surface area contributed by atoms with E-state index in [9.17, 15) is 23.1 Å². The molecule has 1 N–H and O–H groups in total. The minimum atomic E-state index is -4.34. The van der Waals surface area contributed by atoms with Crippen LogP contribution in [0.15, 0.2) is 0 Å². The molecule has 0 bridgehead atoms. The Morgan fingerprint density at radius 1 is 1.40 bits per heavy atom. The third-order valence-electron chi connectivity index (χ3n) is 4.04. The first-order valence-corrected chi connectivity index (χ1v) is 6.85. The van der Waals surface area contributed by atoms with Gasteiger partial charge in [-0.3, -0.25) is 4.79 Å². The van der Waals surface area contributed by atoms with Crippen LogP contribution in [0.5, 0.6) is 0 Å². The zero-order chi connectivity index (χ0) is 14.8. The van der Waals surface area contributed by atoms with Gasteiger partial charge in [0.2, 0.25) is 0 Å². The lowest BCUT2D eigenvalue weighted by Crippen LogP contribution is -2.40. The van der Waals surface area contributed by atoms with E-state index in [-0.39, 0.29) is 12.7 Å². The normalized spacial score (nSPS) is 30.6. The van der Waals surface area contributed by atoms with E-state index in [4.69, 9.17) is 4.74 Å². The molecule has 0 aromatic carbocycles. The molecule has 2 rings (SSSR count). The van der Waals surface area contributed by atoms with Crippen LogP contribution in [0.1, 0.15) is 32.1 Å². The van der Waals surface area contributed by atoms with Crippen molar-refractivity contribution in [2.24, 2.45) is 11.3 Å². The Hall–Kier alpha value is -0.820. The Bertz CT molecular complexity index is 354. The van der Waals surface area contributed by atoms with Gasteiger partial charge in [0.25, 0.3) is 0 Å². The minimum absolute atomic E-state index is 0.0775. The summed E-state index contributed by atoms with van der Waals surface area (Å²) in [5, 5.41) is 9.50. The van der Waals surface area contributed by atoms with Crippen molar-refractivity contribution < 1.29 is 32.5 Å². The van der Waals surface area contributed by atoms with Crippen molar-refractivity contribution in [2.45, 2.75) is 44.4 Å². The second kappa shape index (κ2) is 5.89. The maximum atomic E-state index is 11.9. The summed E-state index contributed by atoms with van der Waals surface area (Å²) in [5.41, 5.74) is -0.942. The molecule has 2 unspecified atom stereocenters. The number of carbonyl (C=O) groups is 1. The molecule has 1 aliphatic heterocycles. The third kappa shape index (κ3) is 3.63. The molecule has 4 nitrogen and oxygen atoms in total. The molecular weight excluding hydrogens is 277 g/mol. The highest BCUT2D eigenvalue weighted by Crippen LogP contribution is 2.50. The van der Waals surface area contributed by atoms with Gasteiger partial charge in [0.1, 0.15) is 6.61 Å². The standard InChI is InChI=1S/C13H19F3O4/c14-13(15,16)8-19-6-1-4-12(11(17)18)5-7-20-10(12)9-2-3-9/h9-10H,1-8H2,(H,17,18). The predicted molar refractivity (Wildman–Crippen MR) is 63.3 cm³/mol. The maximum Gasteiger partial charge on any atom is 0.411 e. The van der Waals surface area contributed by atoms with Crippen LogP contribution in [0.4, 0.5) is 13.2 Å². The quantitative estimate of drug-likeness (QED) is 0.734. The van der Waals surface area contributed by atoms with Crippen LogP contribution in [0.2, 0.25) is 0 Å². The fourth-order valence-corrected chi connectivity index (χ4v) is 2.94. The van der Waals surface area contributed by atoms with E-state index < -0.39 is 24.2 Å². The Morgan fingerprint density at radius 3 is 2.65 bits per heavy atom. The molecule has 2 fully saturated rings. The number of ether oxygens (including phenoxy) is 2. The summed E-state index contributed by atoms with van der Waals surface area (Å²) in [7, 11) is 0. The van der Waals surface area contributed by atoms with Gasteiger partial charge in [-0.25, -0.2) is 0 Å². The van der Waals surface area contributed by atoms with E-state index in [0.29, 0.717) is 31.8 Å². The Morgan fingerprint density at radius 2 is 2.10 bits per heavy atom. The molecule has 0 amide bonds. The summed E-state index contributed by atoms with van der Waals surface area (Å²) >= 11 is 0. The molecule has 0 aromatic heterocycles. The first-order valence-electron chi connectivity index (χ1n) is 6.85. The van der Waals surface area contributed by atoms with Gasteiger partial charge in [-0.05, 0) is 38.0 Å². The second-order valence-electron chi connectivity index (χ2n) is 5.61. The lowest BCUT2D eigenvalue weighted by molar-refractivity contribution is -0.175. The summed E-state index contributed by atoms with van der Waals surface area (Å²) in [6, 6.07) is 0. The lowest BCUT2D eigenvalue weighted by atomic mass is 9.75. The third-order valence-corrected chi connectivity index (χ3v) is 4.04. The number of aliphatic carboxylic acids is 1. The van der Waals surface area contributed by atoms with Crippen molar-refractivity contribution in [3.05, 3.63) is 0 Å². The molecule has 1 aliphatic carbocycles. The number of hydrogen-bond acceptors (Lipinski definition) is 3. The van der Waals surface area contributed by atoms with E-state index in [1.54, 1.807) is 0 Å². The Kier molecular flexibility index (Phi) is 4.59. The van der Waals surface area contributed by atoms with E-state index in [0.717, 1.165) is 12.8 Å². The lowest BCUT2D eigenvalue weighted by Gasteiger charge is -2.30. The van der Waals surface area contributed by atoms with Crippen molar-refractivity contribution in [2.75, 3.05) is 19.8 Å². The van der Waals surface area contributed by atoms with E-state index in [1.807, 2.05) is 0 Å². The highest BCUT2D eigenvalue weighted by Gasteiger charge is 2.55. The van der Waals surface area contributed by atoms with Crippen LogP contribution in [0.3, 0.4) is 0 Å². The fraction of sp³-hybridized carbons (Fsp3) is 0.923. The zero-order valence-electron chi connectivity index (χ0n) is 11.1. The molecule has 2 atom stereocenters. The largest absolute Gasteiger partial charge is 0.481 e. The van der Waals surface area contributed by atoms with Gasteiger partial charge in [0, 0.05) is 13.2 Å². The topological polar surface area (TPSA) is 55.8 Å². The summed E-state index contributed by atoms with van der Waals surface area (Å²) in [4.78, 5) is 11.6. The number of carboxylic acid groups (broad SMARTS) is 1. The maximum absolute atomic E-state index is 11.9. The van der Waals surface area contributed by atoms with E-state index >= 15 is 0 Å². The molecule has 0 spiro atoms. The number of halogens is 3. The van der Waals surface area contributed by atoms with Crippen LogP contribution in [0.25, 0.3) is 0 Å². The van der Waals surface area contributed by atoms with Crippen molar-refractivity contribution in [1.82, 2.24) is 0 Å². The van der Waals surface area contributed by atoms with Gasteiger partial charge < -0.3 is 14.6 Å². The number of carboxylic acids is 1. The SMILES string of the molecule is O=C(O)C1(CCCOCC(F)(F)F)CCOC1C1CC1. The number of hydrogen-bond donors (Lipinski definition) is 1. The molecule has 1 saturated heterocycles. The molecule has 20 heavy (non-hydrogen) atoms. The van der Waals surface area contributed by atoms with Gasteiger partial charge >= 0.3 is 12.1 Å². The second-order valence-corrected chi connectivity index (χ2v) is 5.61. The van der Waals surface area contributed by atoms with Gasteiger partial charge in [-0.1, -0.05) is 0 Å². The summed E-state index contributed by atoms with van der Waals surface area (Å²) in [6.07, 6.45) is -1.63. The van der Waals surface area contributed by atoms with E-state index in [2.05, 4.69) is 4.74 Å². The average Bonchev–Trinajstić information content (AvgIpc) is 3.08. The predicted octanol–water partition coefficient (Wildman–Crippen LogP) is 2.62. The molecule has 2 aliphatic rings. The molecular formula is C13H19F3O4. The number of alkyl halides is 3. The molecule has 0 aromatic rings.